The summed E-state index contributed by atoms with van der Waals surface area (Å²) in [6.07, 6.45) is 3.30. The van der Waals surface area contributed by atoms with Crippen molar-refractivity contribution in [2.24, 2.45) is 4.99 Å². The SMILES string of the molecule is C=NC(=N)NC(=O)N(C)CC1COP(=O)(OCCCCSSC)CO1. The molecular formula is C13H25N4O5PS2. The second-order valence-electron chi connectivity index (χ2n) is 5.17. The third-order valence-corrected chi connectivity index (χ3v) is 6.64. The van der Waals surface area contributed by atoms with E-state index in [9.17, 15) is 9.36 Å². The maximum atomic E-state index is 12.4. The van der Waals surface area contributed by atoms with Gasteiger partial charge in [-0.15, -0.1) is 0 Å². The van der Waals surface area contributed by atoms with Gasteiger partial charge in [0.05, 0.1) is 25.9 Å². The number of nitrogens with zero attached hydrogens (tertiary/aromatic N) is 2. The van der Waals surface area contributed by atoms with E-state index in [4.69, 9.17) is 19.2 Å². The molecule has 25 heavy (non-hydrogen) atoms. The van der Waals surface area contributed by atoms with E-state index < -0.39 is 19.7 Å². The molecule has 144 valence electrons. The van der Waals surface area contributed by atoms with Crippen LogP contribution in [0.1, 0.15) is 12.8 Å². The molecule has 1 saturated heterocycles. The highest BCUT2D eigenvalue weighted by atomic mass is 33.1. The number of aliphatic imine (C=N–C) groups is 1. The average Bonchev–Trinajstić information content (AvgIpc) is 2.60. The van der Waals surface area contributed by atoms with Crippen LogP contribution < -0.4 is 5.32 Å². The van der Waals surface area contributed by atoms with Gasteiger partial charge in [0.2, 0.25) is 5.96 Å². The Bertz CT molecular complexity index is 499. The Kier molecular flexibility index (Phi) is 10.7. The Morgan fingerprint density at radius 3 is 2.92 bits per heavy atom. The summed E-state index contributed by atoms with van der Waals surface area (Å²) < 4.78 is 28.6. The molecular weight excluding hydrogens is 387 g/mol. The lowest BCUT2D eigenvalue weighted by Gasteiger charge is -2.31. The largest absolute Gasteiger partial charge is 0.361 e. The van der Waals surface area contributed by atoms with Gasteiger partial charge in [0.25, 0.3) is 0 Å². The van der Waals surface area contributed by atoms with E-state index in [-0.39, 0.29) is 25.5 Å². The van der Waals surface area contributed by atoms with Crippen molar-refractivity contribution in [2.45, 2.75) is 18.9 Å². The van der Waals surface area contributed by atoms with Gasteiger partial charge in [0.15, 0.2) is 0 Å². The number of hydrogen-bond donors (Lipinski definition) is 2. The van der Waals surface area contributed by atoms with Crippen LogP contribution in [-0.4, -0.2) is 74.9 Å². The van der Waals surface area contributed by atoms with Gasteiger partial charge in [-0.3, -0.25) is 15.3 Å². The highest BCUT2D eigenvalue weighted by Crippen LogP contribution is 2.50. The quantitative estimate of drug-likeness (QED) is 0.197. The first-order valence-corrected chi connectivity index (χ1v) is 12.1. The minimum absolute atomic E-state index is 0.0778. The molecule has 12 heteroatoms. The van der Waals surface area contributed by atoms with E-state index in [0.29, 0.717) is 6.61 Å². The molecule has 9 nitrogen and oxygen atoms in total. The topological polar surface area (TPSA) is 113 Å². The zero-order chi connectivity index (χ0) is 18.7. The zero-order valence-electron chi connectivity index (χ0n) is 14.4. The van der Waals surface area contributed by atoms with Gasteiger partial charge in [-0.25, -0.2) is 9.79 Å². The number of urea groups is 1. The van der Waals surface area contributed by atoms with Crippen LogP contribution in [0.15, 0.2) is 4.99 Å². The van der Waals surface area contributed by atoms with Crippen LogP contribution in [0, 0.1) is 5.41 Å². The van der Waals surface area contributed by atoms with E-state index in [1.165, 1.54) is 4.90 Å². The molecule has 0 radical (unpaired) electrons. The fourth-order valence-electron chi connectivity index (χ4n) is 1.83. The van der Waals surface area contributed by atoms with Crippen molar-refractivity contribution in [1.29, 1.82) is 5.41 Å². The molecule has 2 N–H and O–H groups in total. The number of carbonyl (C=O) groups excluding carboxylic acids is 1. The number of unbranched alkanes of at least 4 members (excludes halogenated alkanes) is 1. The van der Waals surface area contributed by atoms with E-state index in [0.717, 1.165) is 18.6 Å². The molecule has 0 saturated carbocycles. The minimum atomic E-state index is -3.21. The third kappa shape index (κ3) is 9.07. The van der Waals surface area contributed by atoms with Crippen LogP contribution >= 0.6 is 29.2 Å². The Hall–Kier alpha value is -0.580. The number of carbonyl (C=O) groups is 1. The smallest absolute Gasteiger partial charge is 0.356 e. The lowest BCUT2D eigenvalue weighted by molar-refractivity contribution is -0.0148. The van der Waals surface area contributed by atoms with Crippen molar-refractivity contribution in [3.63, 3.8) is 0 Å². The molecule has 2 unspecified atom stereocenters. The predicted molar refractivity (Wildman–Crippen MR) is 103 cm³/mol. The summed E-state index contributed by atoms with van der Waals surface area (Å²) in [5, 5.41) is 9.50. The first-order chi connectivity index (χ1) is 11.9. The minimum Gasteiger partial charge on any atom is -0.361 e. The van der Waals surface area contributed by atoms with Gasteiger partial charge in [-0.05, 0) is 25.8 Å². The summed E-state index contributed by atoms with van der Waals surface area (Å²) in [7, 11) is 1.84. The van der Waals surface area contributed by atoms with Crippen LogP contribution in [0.5, 0.6) is 0 Å². The second-order valence-corrected chi connectivity index (χ2v) is 9.85. The Balaban J connectivity index is 2.25. The zero-order valence-corrected chi connectivity index (χ0v) is 17.0. The van der Waals surface area contributed by atoms with Crippen molar-refractivity contribution < 1.29 is 23.1 Å². The molecule has 0 aromatic heterocycles. The van der Waals surface area contributed by atoms with Gasteiger partial charge in [-0.2, -0.15) is 0 Å². The van der Waals surface area contributed by atoms with Gasteiger partial charge in [0, 0.05) is 12.8 Å². The van der Waals surface area contributed by atoms with Crippen LogP contribution in [0.2, 0.25) is 0 Å². The summed E-state index contributed by atoms with van der Waals surface area (Å²) >= 11 is 0. The molecule has 1 heterocycles. The number of ether oxygens (including phenoxy) is 1. The first kappa shape index (κ1) is 22.5. The first-order valence-electron chi connectivity index (χ1n) is 7.63. The molecule has 1 aliphatic rings. The van der Waals surface area contributed by atoms with E-state index in [1.807, 2.05) is 6.26 Å². The monoisotopic (exact) mass is 412 g/mol. The van der Waals surface area contributed by atoms with Crippen LogP contribution in [-0.2, 0) is 18.3 Å². The van der Waals surface area contributed by atoms with Crippen molar-refractivity contribution >= 4 is 47.9 Å². The average molecular weight is 412 g/mol. The lowest BCUT2D eigenvalue weighted by Crippen LogP contribution is -2.45. The Morgan fingerprint density at radius 1 is 1.56 bits per heavy atom. The predicted octanol–water partition coefficient (Wildman–Crippen LogP) is 2.64. The van der Waals surface area contributed by atoms with Crippen molar-refractivity contribution in [3.05, 3.63) is 0 Å². The van der Waals surface area contributed by atoms with E-state index in [2.05, 4.69) is 17.0 Å². The summed E-state index contributed by atoms with van der Waals surface area (Å²) in [5.41, 5.74) is 0. The molecule has 2 amide bonds. The number of likely N-dealkylation sites (N-methyl/N-ethyl adjacent to an activating group) is 1. The maximum absolute atomic E-state index is 12.4. The fourth-order valence-corrected chi connectivity index (χ4v) is 4.59. The third-order valence-electron chi connectivity index (χ3n) is 3.16. The number of nitrogens with one attached hydrogen (secondary N) is 2. The lowest BCUT2D eigenvalue weighted by atomic mass is 10.3. The second kappa shape index (κ2) is 11.9. The molecule has 2 atom stereocenters. The molecule has 0 aliphatic carbocycles. The van der Waals surface area contributed by atoms with Crippen molar-refractivity contribution in [3.8, 4) is 0 Å². The van der Waals surface area contributed by atoms with Crippen LogP contribution in [0.25, 0.3) is 0 Å². The standard InChI is InChI=1S/C13H25N4O5PS2/c1-15-12(14)16-13(18)17(2)8-11-9-22-23(19,10-20-11)21-6-4-5-7-25-24-3/h11H,1,4-10H2,2-3H3,(H2,14,16,18). The number of amides is 2. The van der Waals surface area contributed by atoms with Gasteiger partial charge < -0.3 is 18.7 Å². The van der Waals surface area contributed by atoms with E-state index >= 15 is 0 Å². The molecule has 1 aliphatic heterocycles. The normalized spacial score (nSPS) is 23.0. The molecule has 0 bridgehead atoms. The molecule has 0 aromatic rings. The molecule has 1 fully saturated rings. The summed E-state index contributed by atoms with van der Waals surface area (Å²) in [4.78, 5) is 16.4. The summed E-state index contributed by atoms with van der Waals surface area (Å²) in [6.45, 7) is 3.83. The maximum Gasteiger partial charge on any atom is 0.356 e. The molecule has 0 aromatic carbocycles. The summed E-state index contributed by atoms with van der Waals surface area (Å²) in [5.74, 6) is 0.702. The number of guanidine groups is 1. The van der Waals surface area contributed by atoms with Crippen LogP contribution in [0.3, 0.4) is 0 Å². The highest BCUT2D eigenvalue weighted by molar-refractivity contribution is 8.76. The van der Waals surface area contributed by atoms with E-state index in [1.54, 1.807) is 28.6 Å². The van der Waals surface area contributed by atoms with Crippen molar-refractivity contribution in [2.75, 3.05) is 45.2 Å². The highest BCUT2D eigenvalue weighted by Gasteiger charge is 2.34. The summed E-state index contributed by atoms with van der Waals surface area (Å²) in [6, 6.07) is -0.505. The Labute approximate surface area is 156 Å². The molecule has 0 spiro atoms. The van der Waals surface area contributed by atoms with Gasteiger partial charge in [0.1, 0.15) is 6.35 Å². The van der Waals surface area contributed by atoms with Gasteiger partial charge >= 0.3 is 13.6 Å². The van der Waals surface area contributed by atoms with Crippen molar-refractivity contribution in [1.82, 2.24) is 10.2 Å². The Morgan fingerprint density at radius 2 is 2.32 bits per heavy atom. The molecule has 1 rings (SSSR count). The number of rotatable bonds is 9. The van der Waals surface area contributed by atoms with Crippen LogP contribution in [0.4, 0.5) is 4.79 Å². The number of hydrogen-bond acceptors (Lipinski definition) is 8. The van der Waals surface area contributed by atoms with Gasteiger partial charge in [-0.1, -0.05) is 21.6 Å². The fraction of sp³-hybridized carbons (Fsp3) is 0.769.